The number of Topliss-reactive ketones (excluding diaryl/α,β-unsaturated/α-hetero) is 2. The van der Waals surface area contributed by atoms with Gasteiger partial charge in [0.15, 0.2) is 11.6 Å². The number of hydrogen-bond donors (Lipinski definition) is 2. The van der Waals surface area contributed by atoms with Gasteiger partial charge in [0.1, 0.15) is 0 Å². The Morgan fingerprint density at radius 1 is 0.781 bits per heavy atom. The van der Waals surface area contributed by atoms with Crippen LogP contribution in [0.4, 0.5) is 0 Å². The smallest absolute Gasteiger partial charge is 0.303 e. The van der Waals surface area contributed by atoms with Crippen molar-refractivity contribution in [2.75, 3.05) is 39.4 Å². The first kappa shape index (κ1) is 47.8. The highest BCUT2D eigenvalue weighted by Crippen LogP contribution is 2.88. The molecule has 0 radical (unpaired) electrons. The van der Waals surface area contributed by atoms with Crippen LogP contribution in [0.1, 0.15) is 164 Å². The fraction of sp³-hybridized carbons (Fsp3) is 0.860. The summed E-state index contributed by atoms with van der Waals surface area (Å²) in [6.07, 6.45) is 15.4. The molecule has 0 bridgehead atoms. The summed E-state index contributed by atoms with van der Waals surface area (Å²) in [7, 11) is -4.08. The normalized spacial score (nSPS) is 33.9. The third-order valence-electron chi connectivity index (χ3n) is 19.4. The van der Waals surface area contributed by atoms with E-state index in [9.17, 15) is 18.0 Å². The van der Waals surface area contributed by atoms with Crippen molar-refractivity contribution >= 4 is 39.5 Å². The number of nitrogens with zero attached hydrogens (tertiary/aromatic N) is 3. The van der Waals surface area contributed by atoms with Crippen molar-refractivity contribution in [2.45, 2.75) is 188 Å². The second-order valence-electron chi connectivity index (χ2n) is 23.2. The maximum absolute atomic E-state index is 15.9. The van der Waals surface area contributed by atoms with E-state index in [-0.39, 0.29) is 70.5 Å². The molecular formula is C50H79N5O8S. The molecule has 14 heteroatoms. The van der Waals surface area contributed by atoms with Crippen LogP contribution in [-0.2, 0) is 38.9 Å². The van der Waals surface area contributed by atoms with Crippen LogP contribution in [-0.4, -0.2) is 115 Å². The minimum atomic E-state index is -4.08. The Balaban J connectivity index is 1.11. The van der Waals surface area contributed by atoms with Gasteiger partial charge in [0.25, 0.3) is 0 Å². The molecule has 358 valence electrons. The highest BCUT2D eigenvalue weighted by Gasteiger charge is 2.85. The topological polar surface area (TPSA) is 162 Å². The molecule has 8 aliphatic rings. The Morgan fingerprint density at radius 3 is 2.02 bits per heavy atom. The summed E-state index contributed by atoms with van der Waals surface area (Å²) < 4.78 is 36.2. The number of nitrogens with one attached hydrogen (secondary N) is 2. The summed E-state index contributed by atoms with van der Waals surface area (Å²) in [5.74, 6) is -2.46. The number of allylic oxidation sites excluding steroid dienone is 1. The molecule has 2 spiro atoms. The van der Waals surface area contributed by atoms with E-state index in [0.717, 1.165) is 90.0 Å². The average molecular weight is 910 g/mol. The standard InChI is InChI=1S/C50H79N5O8S/c1-8-35-30-48(35,44(60)52-64(61,62)53-24-14-15-25-53)32-40(57)38-31-50(45(4,5)49(50)20-16-21-49)33-55(38)43(59)36(46(6)22-27-63-28-23-46)29-39(56)41(47(7)18-11-9-12-19-47)51-42(58)37-17-10-13-26-54(37)34(2)3/h8,34-38,41H,1,9-33H2,2-7H3,(H,51,58)(H,52,60)/t35-,36-,37+,38+,41-,48-,50-/m1/s1. The van der Waals surface area contributed by atoms with Crippen molar-refractivity contribution in [1.29, 1.82) is 0 Å². The van der Waals surface area contributed by atoms with E-state index in [1.54, 1.807) is 6.08 Å². The molecule has 0 aromatic carbocycles. The Hall–Kier alpha value is -2.68. The number of piperidine rings is 1. The molecule has 0 aromatic heterocycles. The van der Waals surface area contributed by atoms with Gasteiger partial charge in [-0.3, -0.25) is 28.9 Å². The van der Waals surface area contributed by atoms with Gasteiger partial charge in [0.2, 0.25) is 17.7 Å². The molecule has 7 atom stereocenters. The number of likely N-dealkylation sites (tertiary alicyclic amines) is 2. The highest BCUT2D eigenvalue weighted by molar-refractivity contribution is 7.87. The van der Waals surface area contributed by atoms with Crippen molar-refractivity contribution in [3.05, 3.63) is 12.7 Å². The minimum absolute atomic E-state index is 0.0114. The molecule has 4 heterocycles. The molecular weight excluding hydrogens is 831 g/mol. The van der Waals surface area contributed by atoms with Crippen molar-refractivity contribution in [1.82, 2.24) is 24.1 Å². The molecule has 4 saturated carbocycles. The number of hydrogen-bond acceptors (Lipinski definition) is 9. The molecule has 8 fully saturated rings. The molecule has 0 unspecified atom stereocenters. The summed E-state index contributed by atoms with van der Waals surface area (Å²) in [4.78, 5) is 79.0. The first-order chi connectivity index (χ1) is 30.2. The van der Waals surface area contributed by atoms with Crippen LogP contribution in [0.25, 0.3) is 0 Å². The molecule has 3 amide bonds. The summed E-state index contributed by atoms with van der Waals surface area (Å²) in [5.41, 5.74) is -2.72. The predicted molar refractivity (Wildman–Crippen MR) is 245 cm³/mol. The van der Waals surface area contributed by atoms with Gasteiger partial charge < -0.3 is 15.0 Å². The van der Waals surface area contributed by atoms with E-state index in [0.29, 0.717) is 58.5 Å². The van der Waals surface area contributed by atoms with Gasteiger partial charge in [0.05, 0.1) is 29.5 Å². The third-order valence-corrected chi connectivity index (χ3v) is 20.9. The number of carbonyl (C=O) groups excluding carboxylic acids is 5. The van der Waals surface area contributed by atoms with Gasteiger partial charge in [0, 0.05) is 57.1 Å². The largest absolute Gasteiger partial charge is 0.381 e. The lowest BCUT2D eigenvalue weighted by Gasteiger charge is -2.45. The molecule has 13 nitrogen and oxygen atoms in total. The van der Waals surface area contributed by atoms with Gasteiger partial charge in [-0.05, 0) is 125 Å². The van der Waals surface area contributed by atoms with Gasteiger partial charge in [-0.2, -0.15) is 12.7 Å². The summed E-state index contributed by atoms with van der Waals surface area (Å²) in [6, 6.07) is -1.69. The Morgan fingerprint density at radius 2 is 1.44 bits per heavy atom. The Labute approximate surface area is 383 Å². The van der Waals surface area contributed by atoms with Gasteiger partial charge in [-0.15, -0.1) is 6.58 Å². The second kappa shape index (κ2) is 17.4. The fourth-order valence-corrected chi connectivity index (χ4v) is 16.0. The van der Waals surface area contributed by atoms with Crippen LogP contribution in [0.3, 0.4) is 0 Å². The van der Waals surface area contributed by atoms with Crippen LogP contribution < -0.4 is 10.0 Å². The van der Waals surface area contributed by atoms with Gasteiger partial charge in [-0.25, -0.2) is 4.72 Å². The third kappa shape index (κ3) is 7.95. The number of ether oxygens (including phenoxy) is 1. The lowest BCUT2D eigenvalue weighted by atomic mass is 9.65. The quantitative estimate of drug-likeness (QED) is 0.165. The zero-order chi connectivity index (χ0) is 46.1. The van der Waals surface area contributed by atoms with E-state index < -0.39 is 50.4 Å². The average Bonchev–Trinajstić information content (AvgIpc) is 3.70. The van der Waals surface area contributed by atoms with E-state index >= 15 is 14.4 Å². The number of fused-ring (bicyclic) bond motifs is 1. The molecule has 8 rings (SSSR count). The Kier molecular flexibility index (Phi) is 13.0. The van der Waals surface area contributed by atoms with Gasteiger partial charge in [-0.1, -0.05) is 65.9 Å². The molecule has 4 aliphatic carbocycles. The summed E-state index contributed by atoms with van der Waals surface area (Å²) in [5, 5.41) is 3.36. The molecule has 64 heavy (non-hydrogen) atoms. The first-order valence-electron chi connectivity index (χ1n) is 25.2. The van der Waals surface area contributed by atoms with Crippen molar-refractivity contribution in [3.8, 4) is 0 Å². The maximum atomic E-state index is 15.9. The summed E-state index contributed by atoms with van der Waals surface area (Å²) >= 11 is 0. The van der Waals surface area contributed by atoms with E-state index in [2.05, 4.69) is 63.1 Å². The fourth-order valence-electron chi connectivity index (χ4n) is 14.7. The zero-order valence-corrected chi connectivity index (χ0v) is 40.8. The minimum Gasteiger partial charge on any atom is -0.381 e. The first-order valence-corrected chi connectivity index (χ1v) is 26.6. The number of amides is 3. The Bertz CT molecular complexity index is 1960. The lowest BCUT2D eigenvalue weighted by molar-refractivity contribution is -0.150. The van der Waals surface area contributed by atoms with Crippen molar-refractivity contribution in [2.24, 2.45) is 44.3 Å². The lowest BCUT2D eigenvalue weighted by Crippen LogP contribution is -2.59. The van der Waals surface area contributed by atoms with Crippen LogP contribution in [0.5, 0.6) is 0 Å². The highest BCUT2D eigenvalue weighted by atomic mass is 32.2. The van der Waals surface area contributed by atoms with Crippen LogP contribution in [0, 0.1) is 44.3 Å². The van der Waals surface area contributed by atoms with Crippen LogP contribution in [0.15, 0.2) is 12.7 Å². The van der Waals surface area contributed by atoms with E-state index in [1.165, 1.54) is 4.31 Å². The number of carbonyl (C=O) groups is 5. The SMILES string of the molecule is C=C[C@@H]1C[C@]1(CC(=O)[C@@H]1C[C@@]2(CN1C(=O)[C@@H](CC(=O)[C@@H](NC(=O)[C@@H]1CCCCN1C(C)C)C1(C)CCCCC1)C1(C)CCOCC1)C(C)(C)C21CCC1)C(=O)NS(=O)(=O)N1CCCC1. The van der Waals surface area contributed by atoms with Crippen LogP contribution >= 0.6 is 0 Å². The number of rotatable bonds is 16. The summed E-state index contributed by atoms with van der Waals surface area (Å²) in [6.45, 7) is 19.8. The van der Waals surface area contributed by atoms with E-state index in [4.69, 9.17) is 4.74 Å². The van der Waals surface area contributed by atoms with Crippen LogP contribution in [0.2, 0.25) is 0 Å². The monoisotopic (exact) mass is 910 g/mol. The second-order valence-corrected chi connectivity index (χ2v) is 24.9. The van der Waals surface area contributed by atoms with E-state index in [1.807, 2.05) is 4.90 Å². The molecule has 0 aromatic rings. The zero-order valence-electron chi connectivity index (χ0n) is 39.9. The number of ketones is 2. The predicted octanol–water partition coefficient (Wildman–Crippen LogP) is 6.50. The molecule has 2 N–H and O–H groups in total. The molecule has 4 aliphatic heterocycles. The van der Waals surface area contributed by atoms with Crippen molar-refractivity contribution < 1.29 is 37.1 Å². The van der Waals surface area contributed by atoms with Crippen molar-refractivity contribution in [3.63, 3.8) is 0 Å². The van der Waals surface area contributed by atoms with Gasteiger partial charge >= 0.3 is 10.2 Å². The molecule has 4 saturated heterocycles. The maximum Gasteiger partial charge on any atom is 0.303 e.